The second kappa shape index (κ2) is 5.63. The molecule has 0 bridgehead atoms. The van der Waals surface area contributed by atoms with Crippen LogP contribution in [0, 0.1) is 22.0 Å². The Morgan fingerprint density at radius 1 is 1.44 bits per heavy atom. The number of non-ortho nitro benzene ring substituents is 1. The molecular formula is C11H10N2O3. The first kappa shape index (κ1) is 11.9. The lowest BCUT2D eigenvalue weighted by molar-refractivity contribution is -0.384. The Morgan fingerprint density at radius 2 is 2.19 bits per heavy atom. The summed E-state index contributed by atoms with van der Waals surface area (Å²) in [6.45, 7) is 0.433. The molecule has 0 fully saturated rings. The molecule has 0 aliphatic heterocycles. The number of carbonyl (C=O) groups excluding carboxylic acids is 1. The van der Waals surface area contributed by atoms with Gasteiger partial charge in [0.15, 0.2) is 0 Å². The van der Waals surface area contributed by atoms with Crippen LogP contribution in [-0.4, -0.2) is 17.8 Å². The Labute approximate surface area is 92.4 Å². The molecule has 0 aliphatic carbocycles. The highest BCUT2D eigenvalue weighted by Gasteiger charge is 2.08. The summed E-state index contributed by atoms with van der Waals surface area (Å²) in [6, 6.07) is 4.04. The molecule has 0 radical (unpaired) electrons. The van der Waals surface area contributed by atoms with E-state index >= 15 is 0 Å². The van der Waals surface area contributed by atoms with Gasteiger partial charge in [-0.3, -0.25) is 14.9 Å². The summed E-state index contributed by atoms with van der Waals surface area (Å²) in [7, 11) is 0. The van der Waals surface area contributed by atoms with Crippen LogP contribution in [0.5, 0.6) is 0 Å². The molecule has 5 nitrogen and oxygen atoms in total. The topological polar surface area (TPSA) is 86.2 Å². The molecule has 0 atom stereocenters. The summed E-state index contributed by atoms with van der Waals surface area (Å²) in [5.74, 6) is 5.48. The van der Waals surface area contributed by atoms with Crippen molar-refractivity contribution in [1.82, 2.24) is 0 Å². The average Bonchev–Trinajstić information content (AvgIpc) is 2.29. The maximum Gasteiger partial charge on any atom is 0.271 e. The van der Waals surface area contributed by atoms with Crippen LogP contribution in [0.2, 0.25) is 0 Å². The Hall–Kier alpha value is -2.19. The smallest absolute Gasteiger partial charge is 0.271 e. The van der Waals surface area contributed by atoms with E-state index in [2.05, 4.69) is 11.8 Å². The number of benzene rings is 1. The van der Waals surface area contributed by atoms with Crippen LogP contribution in [0.25, 0.3) is 0 Å². The molecule has 1 aromatic carbocycles. The fourth-order valence-electron chi connectivity index (χ4n) is 1.12. The summed E-state index contributed by atoms with van der Waals surface area (Å²) in [4.78, 5) is 20.6. The van der Waals surface area contributed by atoms with Crippen molar-refractivity contribution in [2.45, 2.75) is 6.42 Å². The Morgan fingerprint density at radius 3 is 2.75 bits per heavy atom. The number of nitro benzene ring substituents is 1. The van der Waals surface area contributed by atoms with Gasteiger partial charge in [0.25, 0.3) is 5.69 Å². The van der Waals surface area contributed by atoms with Gasteiger partial charge in [-0.2, -0.15) is 0 Å². The molecule has 0 saturated heterocycles. The molecule has 0 spiro atoms. The maximum atomic E-state index is 10.6. The van der Waals surface area contributed by atoms with E-state index in [9.17, 15) is 14.9 Å². The van der Waals surface area contributed by atoms with Crippen molar-refractivity contribution >= 4 is 12.0 Å². The van der Waals surface area contributed by atoms with E-state index in [1.807, 2.05) is 0 Å². The maximum absolute atomic E-state index is 10.6. The number of nitrogens with zero attached hydrogens (tertiary/aromatic N) is 1. The number of carbonyl (C=O) groups is 1. The second-order valence-corrected chi connectivity index (χ2v) is 3.03. The molecule has 0 heterocycles. The minimum absolute atomic E-state index is 0.137. The Kier molecular flexibility index (Phi) is 4.18. The van der Waals surface area contributed by atoms with Crippen molar-refractivity contribution in [3.8, 4) is 11.8 Å². The van der Waals surface area contributed by atoms with Gasteiger partial charge in [0.1, 0.15) is 6.29 Å². The monoisotopic (exact) mass is 218 g/mol. The van der Waals surface area contributed by atoms with Crippen LogP contribution in [0.15, 0.2) is 18.2 Å². The van der Waals surface area contributed by atoms with Crippen molar-refractivity contribution in [3.05, 3.63) is 39.4 Å². The van der Waals surface area contributed by atoms with Gasteiger partial charge in [0, 0.05) is 36.2 Å². The van der Waals surface area contributed by atoms with E-state index in [4.69, 9.17) is 5.73 Å². The third-order valence-electron chi connectivity index (χ3n) is 1.79. The SMILES string of the molecule is NCCC#Cc1cc(C=O)cc([N+](=O)[O-])c1. The van der Waals surface area contributed by atoms with E-state index in [1.165, 1.54) is 18.2 Å². The molecule has 5 heteroatoms. The van der Waals surface area contributed by atoms with E-state index in [1.54, 1.807) is 0 Å². The van der Waals surface area contributed by atoms with Crippen LogP contribution in [0.3, 0.4) is 0 Å². The molecule has 1 aromatic rings. The third kappa shape index (κ3) is 3.19. The molecule has 0 saturated carbocycles. The molecule has 2 N–H and O–H groups in total. The zero-order valence-corrected chi connectivity index (χ0v) is 8.47. The summed E-state index contributed by atoms with van der Waals surface area (Å²) >= 11 is 0. The summed E-state index contributed by atoms with van der Waals surface area (Å²) in [5, 5.41) is 10.6. The lowest BCUT2D eigenvalue weighted by Crippen LogP contribution is -1.95. The number of hydrogen-bond acceptors (Lipinski definition) is 4. The lowest BCUT2D eigenvalue weighted by atomic mass is 10.1. The van der Waals surface area contributed by atoms with Gasteiger partial charge in [0.2, 0.25) is 0 Å². The molecule has 0 unspecified atom stereocenters. The normalized spacial score (nSPS) is 9.06. The zero-order valence-electron chi connectivity index (χ0n) is 8.47. The van der Waals surface area contributed by atoms with E-state index in [0.29, 0.717) is 24.8 Å². The van der Waals surface area contributed by atoms with Crippen LogP contribution >= 0.6 is 0 Å². The van der Waals surface area contributed by atoms with Gasteiger partial charge in [0.05, 0.1) is 4.92 Å². The largest absolute Gasteiger partial charge is 0.330 e. The molecule has 1 rings (SSSR count). The summed E-state index contributed by atoms with van der Waals surface area (Å²) < 4.78 is 0. The first-order chi connectivity index (χ1) is 7.67. The summed E-state index contributed by atoms with van der Waals surface area (Å²) in [5.41, 5.74) is 5.81. The van der Waals surface area contributed by atoms with Gasteiger partial charge in [-0.1, -0.05) is 11.8 Å². The highest BCUT2D eigenvalue weighted by molar-refractivity contribution is 5.77. The fourth-order valence-corrected chi connectivity index (χ4v) is 1.12. The van der Waals surface area contributed by atoms with Gasteiger partial charge in [-0.25, -0.2) is 0 Å². The minimum Gasteiger partial charge on any atom is -0.330 e. The van der Waals surface area contributed by atoms with Crippen molar-refractivity contribution in [3.63, 3.8) is 0 Å². The van der Waals surface area contributed by atoms with Gasteiger partial charge in [-0.15, -0.1) is 0 Å². The predicted octanol–water partition coefficient (Wildman–Crippen LogP) is 1.11. The van der Waals surface area contributed by atoms with E-state index in [-0.39, 0.29) is 11.3 Å². The lowest BCUT2D eigenvalue weighted by Gasteiger charge is -1.95. The number of hydrogen-bond donors (Lipinski definition) is 1. The van der Waals surface area contributed by atoms with Crippen LogP contribution < -0.4 is 5.73 Å². The first-order valence-electron chi connectivity index (χ1n) is 4.61. The van der Waals surface area contributed by atoms with Gasteiger partial charge >= 0.3 is 0 Å². The van der Waals surface area contributed by atoms with Crippen LogP contribution in [0.4, 0.5) is 5.69 Å². The Bertz CT molecular complexity index is 472. The van der Waals surface area contributed by atoms with Crippen molar-refractivity contribution in [1.29, 1.82) is 0 Å². The minimum atomic E-state index is -0.554. The van der Waals surface area contributed by atoms with Crippen LogP contribution in [-0.2, 0) is 0 Å². The first-order valence-corrected chi connectivity index (χ1v) is 4.61. The van der Waals surface area contributed by atoms with Crippen molar-refractivity contribution in [2.75, 3.05) is 6.54 Å². The molecule has 16 heavy (non-hydrogen) atoms. The van der Waals surface area contributed by atoms with Crippen molar-refractivity contribution in [2.24, 2.45) is 5.73 Å². The number of nitrogens with two attached hydrogens (primary N) is 1. The highest BCUT2D eigenvalue weighted by Crippen LogP contribution is 2.15. The van der Waals surface area contributed by atoms with E-state index in [0.717, 1.165) is 0 Å². The molecule has 82 valence electrons. The van der Waals surface area contributed by atoms with Crippen LogP contribution in [0.1, 0.15) is 22.3 Å². The molecule has 0 aromatic heterocycles. The molecule has 0 amide bonds. The van der Waals surface area contributed by atoms with Gasteiger partial charge < -0.3 is 5.73 Å². The third-order valence-corrected chi connectivity index (χ3v) is 1.79. The molecular weight excluding hydrogens is 208 g/mol. The second-order valence-electron chi connectivity index (χ2n) is 3.03. The average molecular weight is 218 g/mol. The number of aldehydes is 1. The van der Waals surface area contributed by atoms with E-state index < -0.39 is 4.92 Å². The quantitative estimate of drug-likeness (QED) is 0.356. The van der Waals surface area contributed by atoms with Gasteiger partial charge in [-0.05, 0) is 6.07 Å². The molecule has 0 aliphatic rings. The highest BCUT2D eigenvalue weighted by atomic mass is 16.6. The standard InChI is InChI=1S/C11H10N2O3/c12-4-2-1-3-9-5-10(8-14)7-11(6-9)13(15)16/h5-8H,2,4,12H2. The summed E-state index contributed by atoms with van der Waals surface area (Å²) in [6.07, 6.45) is 1.07. The zero-order chi connectivity index (χ0) is 12.0. The Balaban J connectivity index is 3.10. The predicted molar refractivity (Wildman–Crippen MR) is 59.0 cm³/mol. The number of rotatable bonds is 3. The fraction of sp³-hybridized carbons (Fsp3) is 0.182. The van der Waals surface area contributed by atoms with Crippen molar-refractivity contribution < 1.29 is 9.72 Å². The number of nitro groups is 1.